The number of hydrogen-bond acceptors (Lipinski definition) is 2. The molecule has 0 aliphatic carbocycles. The highest BCUT2D eigenvalue weighted by Gasteiger charge is 1.91. The van der Waals surface area contributed by atoms with Crippen LogP contribution in [-0.2, 0) is 4.79 Å². The molecule has 0 aliphatic rings. The average molecular weight is 213 g/mol. The number of ketones is 1. The molecular formula is C14H15NO. The Balaban J connectivity index is 2.49. The first-order valence-electron chi connectivity index (χ1n) is 5.11. The molecule has 2 nitrogen and oxygen atoms in total. The van der Waals surface area contributed by atoms with Crippen LogP contribution in [0.1, 0.15) is 12.0 Å². The zero-order valence-corrected chi connectivity index (χ0v) is 9.60. The van der Waals surface area contributed by atoms with E-state index in [-0.39, 0.29) is 5.78 Å². The van der Waals surface area contributed by atoms with Crippen LogP contribution in [0.5, 0.6) is 0 Å². The van der Waals surface area contributed by atoms with Crippen molar-refractivity contribution in [3.8, 4) is 11.8 Å². The standard InChI is InChI=1S/C14H15NO/c1-15(2)12-6-9-14(16)11-10-13-7-4-3-5-8-13/h3-8,12H,9H2,1-2H3. The van der Waals surface area contributed by atoms with Crippen molar-refractivity contribution in [2.24, 2.45) is 0 Å². The van der Waals surface area contributed by atoms with Gasteiger partial charge >= 0.3 is 0 Å². The summed E-state index contributed by atoms with van der Waals surface area (Å²) in [6, 6.07) is 9.50. The minimum absolute atomic E-state index is 0.0676. The molecule has 1 aromatic carbocycles. The summed E-state index contributed by atoms with van der Waals surface area (Å²) in [4.78, 5) is 13.2. The third kappa shape index (κ3) is 5.02. The molecule has 0 saturated heterocycles. The minimum Gasteiger partial charge on any atom is -0.384 e. The fourth-order valence-electron chi connectivity index (χ4n) is 1.08. The van der Waals surface area contributed by atoms with Crippen LogP contribution in [0.2, 0.25) is 0 Å². The molecule has 0 radical (unpaired) electrons. The molecule has 0 bridgehead atoms. The van der Waals surface area contributed by atoms with E-state index in [1.807, 2.05) is 61.6 Å². The molecule has 16 heavy (non-hydrogen) atoms. The predicted molar refractivity (Wildman–Crippen MR) is 65.8 cm³/mol. The van der Waals surface area contributed by atoms with E-state index in [0.717, 1.165) is 5.56 Å². The summed E-state index contributed by atoms with van der Waals surface area (Å²) in [6.45, 7) is 0. The number of rotatable bonds is 3. The summed E-state index contributed by atoms with van der Waals surface area (Å²) >= 11 is 0. The number of nitrogens with zero attached hydrogens (tertiary/aromatic N) is 1. The molecule has 0 unspecified atom stereocenters. The average Bonchev–Trinajstić information content (AvgIpc) is 2.27. The Bertz CT molecular complexity index is 421. The largest absolute Gasteiger partial charge is 0.384 e. The van der Waals surface area contributed by atoms with Gasteiger partial charge in [0.05, 0.1) is 0 Å². The molecule has 0 N–H and O–H groups in total. The Hall–Kier alpha value is -2.01. The second-order valence-electron chi connectivity index (χ2n) is 3.59. The number of carbonyl (C=O) groups excluding carboxylic acids is 1. The minimum atomic E-state index is -0.0676. The van der Waals surface area contributed by atoms with Crippen molar-refractivity contribution in [2.75, 3.05) is 14.1 Å². The van der Waals surface area contributed by atoms with E-state index in [4.69, 9.17) is 0 Å². The van der Waals surface area contributed by atoms with E-state index < -0.39 is 0 Å². The first kappa shape index (κ1) is 12.1. The molecule has 0 aliphatic heterocycles. The Morgan fingerprint density at radius 3 is 2.62 bits per heavy atom. The SMILES string of the molecule is CN(C)C=CCC(=O)C#Cc1ccccc1. The van der Waals surface area contributed by atoms with Gasteiger partial charge in [-0.15, -0.1) is 0 Å². The zero-order chi connectivity index (χ0) is 11.8. The van der Waals surface area contributed by atoms with Crippen LogP contribution >= 0.6 is 0 Å². The van der Waals surface area contributed by atoms with Gasteiger partial charge < -0.3 is 4.90 Å². The molecule has 0 fully saturated rings. The van der Waals surface area contributed by atoms with Crippen molar-refractivity contribution in [3.05, 3.63) is 48.2 Å². The van der Waals surface area contributed by atoms with E-state index in [0.29, 0.717) is 6.42 Å². The number of hydrogen-bond donors (Lipinski definition) is 0. The molecule has 0 spiro atoms. The van der Waals surface area contributed by atoms with Crippen molar-refractivity contribution in [1.82, 2.24) is 4.90 Å². The smallest absolute Gasteiger partial charge is 0.209 e. The maximum Gasteiger partial charge on any atom is 0.209 e. The fraction of sp³-hybridized carbons (Fsp3) is 0.214. The summed E-state index contributed by atoms with van der Waals surface area (Å²) in [5.41, 5.74) is 0.868. The summed E-state index contributed by atoms with van der Waals surface area (Å²) < 4.78 is 0. The van der Waals surface area contributed by atoms with Crippen LogP contribution in [0.25, 0.3) is 0 Å². The molecule has 1 rings (SSSR count). The lowest BCUT2D eigenvalue weighted by Gasteiger charge is -2.01. The van der Waals surface area contributed by atoms with Gasteiger partial charge in [-0.05, 0) is 24.3 Å². The molecular weight excluding hydrogens is 198 g/mol. The molecule has 0 aromatic heterocycles. The van der Waals surface area contributed by atoms with Gasteiger partial charge in [0, 0.05) is 26.1 Å². The van der Waals surface area contributed by atoms with E-state index in [9.17, 15) is 4.79 Å². The molecule has 82 valence electrons. The number of carbonyl (C=O) groups is 1. The topological polar surface area (TPSA) is 20.3 Å². The monoisotopic (exact) mass is 213 g/mol. The summed E-state index contributed by atoms with van der Waals surface area (Å²) in [6.07, 6.45) is 4.02. The van der Waals surface area contributed by atoms with Crippen LogP contribution in [0.4, 0.5) is 0 Å². The maximum atomic E-state index is 11.4. The lowest BCUT2D eigenvalue weighted by atomic mass is 10.2. The van der Waals surface area contributed by atoms with E-state index in [1.54, 1.807) is 0 Å². The highest BCUT2D eigenvalue weighted by molar-refractivity contribution is 5.96. The van der Waals surface area contributed by atoms with E-state index in [1.165, 1.54) is 0 Å². The van der Waals surface area contributed by atoms with Gasteiger partial charge in [-0.2, -0.15) is 0 Å². The van der Waals surface area contributed by atoms with Gasteiger partial charge in [0.15, 0.2) is 0 Å². The molecule has 0 atom stereocenters. The Morgan fingerprint density at radius 1 is 1.31 bits per heavy atom. The van der Waals surface area contributed by atoms with Crippen LogP contribution in [0, 0.1) is 11.8 Å². The van der Waals surface area contributed by atoms with Gasteiger partial charge in [-0.1, -0.05) is 30.2 Å². The molecule has 0 saturated carbocycles. The molecule has 2 heteroatoms. The van der Waals surface area contributed by atoms with Gasteiger partial charge in [0.2, 0.25) is 5.78 Å². The van der Waals surface area contributed by atoms with Crippen molar-refractivity contribution in [1.29, 1.82) is 0 Å². The van der Waals surface area contributed by atoms with Gasteiger partial charge in [0.25, 0.3) is 0 Å². The van der Waals surface area contributed by atoms with Gasteiger partial charge in [0.1, 0.15) is 0 Å². The Morgan fingerprint density at radius 2 is 2.00 bits per heavy atom. The Labute approximate surface area is 96.6 Å². The molecule has 0 amide bonds. The highest BCUT2D eigenvalue weighted by Crippen LogP contribution is 1.95. The lowest BCUT2D eigenvalue weighted by molar-refractivity contribution is -0.113. The van der Waals surface area contributed by atoms with Crippen molar-refractivity contribution in [3.63, 3.8) is 0 Å². The van der Waals surface area contributed by atoms with Gasteiger partial charge in [-0.3, -0.25) is 4.79 Å². The predicted octanol–water partition coefficient (Wildman–Crippen LogP) is 2.07. The van der Waals surface area contributed by atoms with E-state index in [2.05, 4.69) is 11.8 Å². The van der Waals surface area contributed by atoms with Crippen LogP contribution < -0.4 is 0 Å². The third-order valence-electron chi connectivity index (χ3n) is 1.83. The van der Waals surface area contributed by atoms with Gasteiger partial charge in [-0.25, -0.2) is 0 Å². The van der Waals surface area contributed by atoms with E-state index >= 15 is 0 Å². The number of allylic oxidation sites excluding steroid dienone is 1. The zero-order valence-electron chi connectivity index (χ0n) is 9.60. The third-order valence-corrected chi connectivity index (χ3v) is 1.83. The second-order valence-corrected chi connectivity index (χ2v) is 3.59. The molecule has 0 heterocycles. The summed E-state index contributed by atoms with van der Waals surface area (Å²) in [7, 11) is 3.83. The number of benzene rings is 1. The second kappa shape index (κ2) is 6.47. The summed E-state index contributed by atoms with van der Waals surface area (Å²) in [5, 5.41) is 0. The summed E-state index contributed by atoms with van der Waals surface area (Å²) in [5.74, 6) is 5.38. The quantitative estimate of drug-likeness (QED) is 0.716. The van der Waals surface area contributed by atoms with Crippen LogP contribution in [0.3, 0.4) is 0 Å². The number of Topliss-reactive ketones (excluding diaryl/α,β-unsaturated/α-hetero) is 1. The normalized spacial score (nSPS) is 9.62. The van der Waals surface area contributed by atoms with Crippen molar-refractivity contribution >= 4 is 5.78 Å². The van der Waals surface area contributed by atoms with Crippen molar-refractivity contribution in [2.45, 2.75) is 6.42 Å². The Kier molecular flexibility index (Phi) is 4.88. The fourth-order valence-corrected chi connectivity index (χ4v) is 1.08. The van der Waals surface area contributed by atoms with Crippen LogP contribution in [-0.4, -0.2) is 24.8 Å². The van der Waals surface area contributed by atoms with Crippen molar-refractivity contribution < 1.29 is 4.79 Å². The first-order chi connectivity index (χ1) is 7.68. The maximum absolute atomic E-state index is 11.4. The highest BCUT2D eigenvalue weighted by atomic mass is 16.1. The van der Waals surface area contributed by atoms with Crippen LogP contribution in [0.15, 0.2) is 42.6 Å². The molecule has 1 aromatic rings. The lowest BCUT2D eigenvalue weighted by Crippen LogP contribution is -2.00. The first-order valence-corrected chi connectivity index (χ1v) is 5.11.